The topological polar surface area (TPSA) is 12.0 Å². The Bertz CT molecular complexity index is 251. The summed E-state index contributed by atoms with van der Waals surface area (Å²) in [6.07, 6.45) is 8.29. The Morgan fingerprint density at radius 1 is 0.900 bits per heavy atom. The summed E-state index contributed by atoms with van der Waals surface area (Å²) in [6, 6.07) is 1.45. The minimum atomic E-state index is 0.443. The first-order chi connectivity index (χ1) is 9.20. The summed E-state index contributed by atoms with van der Waals surface area (Å²) in [5, 5.41) is 4.08. The molecule has 2 atom stereocenters. The molecule has 1 aliphatic carbocycles. The Balaban J connectivity index is 2.68. The van der Waals surface area contributed by atoms with Gasteiger partial charge in [-0.2, -0.15) is 0 Å². The van der Waals surface area contributed by atoms with Gasteiger partial charge >= 0.3 is 0 Å². The van der Waals surface area contributed by atoms with E-state index in [1.54, 1.807) is 0 Å². The van der Waals surface area contributed by atoms with E-state index in [0.29, 0.717) is 11.5 Å². The van der Waals surface area contributed by atoms with Crippen LogP contribution in [0.3, 0.4) is 0 Å². The van der Waals surface area contributed by atoms with Crippen LogP contribution in [0.1, 0.15) is 87.0 Å². The molecule has 0 aromatic carbocycles. The number of hydrogen-bond acceptors (Lipinski definition) is 1. The van der Waals surface area contributed by atoms with Crippen LogP contribution in [-0.4, -0.2) is 12.1 Å². The molecule has 1 fully saturated rings. The van der Waals surface area contributed by atoms with E-state index in [1.165, 1.54) is 38.5 Å². The second-order valence-electron chi connectivity index (χ2n) is 8.99. The molecule has 0 heterocycles. The fourth-order valence-electron chi connectivity index (χ4n) is 4.04. The van der Waals surface area contributed by atoms with Gasteiger partial charge in [0.2, 0.25) is 0 Å². The van der Waals surface area contributed by atoms with Crippen LogP contribution in [0.4, 0.5) is 0 Å². The largest absolute Gasteiger partial charge is 0.311 e. The van der Waals surface area contributed by atoms with Crippen molar-refractivity contribution in [2.75, 3.05) is 0 Å². The van der Waals surface area contributed by atoms with Crippen molar-refractivity contribution in [3.63, 3.8) is 0 Å². The minimum absolute atomic E-state index is 0.443. The predicted octanol–water partition coefficient (Wildman–Crippen LogP) is 5.64. The van der Waals surface area contributed by atoms with Gasteiger partial charge in [-0.1, -0.05) is 61.3 Å². The van der Waals surface area contributed by atoms with E-state index >= 15 is 0 Å². The summed E-state index contributed by atoms with van der Waals surface area (Å²) < 4.78 is 0. The maximum absolute atomic E-state index is 4.08. The molecular formula is C19H39N. The molecule has 2 unspecified atom stereocenters. The zero-order chi connectivity index (χ0) is 15.3. The number of nitrogens with one attached hydrogen (secondary N) is 1. The molecule has 120 valence electrons. The highest BCUT2D eigenvalue weighted by molar-refractivity contribution is 4.90. The molecule has 0 bridgehead atoms. The van der Waals surface area contributed by atoms with Gasteiger partial charge in [0.1, 0.15) is 0 Å². The highest BCUT2D eigenvalue weighted by Gasteiger charge is 2.35. The molecule has 0 spiro atoms. The van der Waals surface area contributed by atoms with Gasteiger partial charge in [0.25, 0.3) is 0 Å². The highest BCUT2D eigenvalue weighted by atomic mass is 15.0. The van der Waals surface area contributed by atoms with Gasteiger partial charge in [0, 0.05) is 12.1 Å². The number of hydrogen-bond donors (Lipinski definition) is 1. The van der Waals surface area contributed by atoms with Crippen LogP contribution in [0, 0.1) is 23.2 Å². The first-order valence-corrected chi connectivity index (χ1v) is 8.96. The molecule has 0 aromatic rings. The quantitative estimate of drug-likeness (QED) is 0.664. The van der Waals surface area contributed by atoms with Gasteiger partial charge < -0.3 is 5.32 Å². The first-order valence-electron chi connectivity index (χ1n) is 8.96. The fraction of sp³-hybridized carbons (Fsp3) is 1.00. The van der Waals surface area contributed by atoms with Crippen molar-refractivity contribution in [1.29, 1.82) is 0 Å². The summed E-state index contributed by atoms with van der Waals surface area (Å²) in [5.74, 6) is 2.43. The normalized spacial score (nSPS) is 24.9. The lowest BCUT2D eigenvalue weighted by Gasteiger charge is -2.43. The second kappa shape index (κ2) is 7.82. The van der Waals surface area contributed by atoms with Crippen LogP contribution in [0.2, 0.25) is 0 Å². The third kappa shape index (κ3) is 6.16. The monoisotopic (exact) mass is 281 g/mol. The van der Waals surface area contributed by atoms with E-state index in [0.717, 1.165) is 23.8 Å². The van der Waals surface area contributed by atoms with Gasteiger partial charge in [-0.15, -0.1) is 0 Å². The molecular weight excluding hydrogens is 242 g/mol. The van der Waals surface area contributed by atoms with Crippen LogP contribution in [0.25, 0.3) is 0 Å². The SMILES string of the molecule is CC(C)CC(CC(C)C)NC1CCCCC1C(C)(C)C. The molecule has 0 aliphatic heterocycles. The van der Waals surface area contributed by atoms with Crippen molar-refractivity contribution in [1.82, 2.24) is 5.32 Å². The van der Waals surface area contributed by atoms with Crippen LogP contribution in [-0.2, 0) is 0 Å². The molecule has 1 saturated carbocycles. The van der Waals surface area contributed by atoms with Crippen molar-refractivity contribution in [2.24, 2.45) is 23.2 Å². The summed E-state index contributed by atoms with van der Waals surface area (Å²) in [7, 11) is 0. The average molecular weight is 282 g/mol. The van der Waals surface area contributed by atoms with Crippen molar-refractivity contribution >= 4 is 0 Å². The first kappa shape index (κ1) is 18.0. The molecule has 1 rings (SSSR count). The van der Waals surface area contributed by atoms with Crippen LogP contribution < -0.4 is 5.32 Å². The summed E-state index contributed by atoms with van der Waals surface area (Å²) in [6.45, 7) is 16.7. The van der Waals surface area contributed by atoms with E-state index in [4.69, 9.17) is 0 Å². The molecule has 1 heteroatoms. The molecule has 0 amide bonds. The number of rotatable bonds is 6. The standard InChI is InChI=1S/C19H39N/c1-14(2)12-16(13-15(3)4)20-18-11-9-8-10-17(18)19(5,6)7/h14-18,20H,8-13H2,1-7H3. The molecule has 20 heavy (non-hydrogen) atoms. The lowest BCUT2D eigenvalue weighted by Crippen LogP contribution is -2.49. The van der Waals surface area contributed by atoms with Crippen molar-refractivity contribution in [3.05, 3.63) is 0 Å². The molecule has 1 N–H and O–H groups in total. The summed E-state index contributed by atoms with van der Waals surface area (Å²) in [4.78, 5) is 0. The zero-order valence-electron chi connectivity index (χ0n) is 15.1. The van der Waals surface area contributed by atoms with Gasteiger partial charge in [0.15, 0.2) is 0 Å². The third-order valence-electron chi connectivity index (χ3n) is 4.84. The van der Waals surface area contributed by atoms with Crippen LogP contribution >= 0.6 is 0 Å². The Kier molecular flexibility index (Phi) is 7.04. The predicted molar refractivity (Wildman–Crippen MR) is 91.0 cm³/mol. The van der Waals surface area contributed by atoms with Crippen LogP contribution in [0.15, 0.2) is 0 Å². The zero-order valence-corrected chi connectivity index (χ0v) is 15.1. The van der Waals surface area contributed by atoms with Gasteiger partial charge in [-0.05, 0) is 48.9 Å². The molecule has 1 aliphatic rings. The maximum atomic E-state index is 4.08. The second-order valence-corrected chi connectivity index (χ2v) is 8.99. The average Bonchev–Trinajstić information content (AvgIpc) is 2.26. The minimum Gasteiger partial charge on any atom is -0.311 e. The Labute approximate surface area is 128 Å². The van der Waals surface area contributed by atoms with Crippen molar-refractivity contribution < 1.29 is 0 Å². The Morgan fingerprint density at radius 3 is 1.85 bits per heavy atom. The van der Waals surface area contributed by atoms with Gasteiger partial charge in [0.05, 0.1) is 0 Å². The third-order valence-corrected chi connectivity index (χ3v) is 4.84. The lowest BCUT2D eigenvalue weighted by molar-refractivity contribution is 0.117. The maximum Gasteiger partial charge on any atom is 0.0103 e. The van der Waals surface area contributed by atoms with E-state index < -0.39 is 0 Å². The molecule has 0 radical (unpaired) electrons. The summed E-state index contributed by atoms with van der Waals surface area (Å²) >= 11 is 0. The van der Waals surface area contributed by atoms with Crippen LogP contribution in [0.5, 0.6) is 0 Å². The molecule has 0 aromatic heterocycles. The molecule has 0 saturated heterocycles. The lowest BCUT2D eigenvalue weighted by atomic mass is 9.69. The summed E-state index contributed by atoms with van der Waals surface area (Å²) in [5.41, 5.74) is 0.443. The van der Waals surface area contributed by atoms with E-state index in [1.807, 2.05) is 0 Å². The van der Waals surface area contributed by atoms with E-state index in [2.05, 4.69) is 53.8 Å². The van der Waals surface area contributed by atoms with Crippen molar-refractivity contribution in [3.8, 4) is 0 Å². The van der Waals surface area contributed by atoms with Gasteiger partial charge in [-0.3, -0.25) is 0 Å². The van der Waals surface area contributed by atoms with Gasteiger partial charge in [-0.25, -0.2) is 0 Å². The van der Waals surface area contributed by atoms with Crippen molar-refractivity contribution in [2.45, 2.75) is 99.1 Å². The molecule has 1 nitrogen and oxygen atoms in total. The smallest absolute Gasteiger partial charge is 0.0103 e. The fourth-order valence-corrected chi connectivity index (χ4v) is 4.04. The van der Waals surface area contributed by atoms with E-state index in [-0.39, 0.29) is 0 Å². The van der Waals surface area contributed by atoms with E-state index in [9.17, 15) is 0 Å². The Morgan fingerprint density at radius 2 is 1.40 bits per heavy atom. The highest BCUT2D eigenvalue weighted by Crippen LogP contribution is 2.38. The Hall–Kier alpha value is -0.0400.